The van der Waals surface area contributed by atoms with Crippen LogP contribution in [0.3, 0.4) is 0 Å². The summed E-state index contributed by atoms with van der Waals surface area (Å²) in [7, 11) is 0. The molecule has 0 atom stereocenters. The molecular formula is C11H11NTi. The van der Waals surface area contributed by atoms with Crippen molar-refractivity contribution in [1.82, 2.24) is 4.98 Å². The molecule has 0 aliphatic heterocycles. The molecule has 0 bridgehead atoms. The number of allylic oxidation sites excluding steroid dienone is 4. The fraction of sp³-hybridized carbons (Fsp3) is 0.0909. The van der Waals surface area contributed by atoms with E-state index in [0.717, 1.165) is 12.1 Å². The van der Waals surface area contributed by atoms with Crippen LogP contribution in [0.4, 0.5) is 0 Å². The van der Waals surface area contributed by atoms with Gasteiger partial charge in [0.15, 0.2) is 0 Å². The molecule has 0 fully saturated rings. The van der Waals surface area contributed by atoms with Crippen LogP contribution in [0.2, 0.25) is 0 Å². The van der Waals surface area contributed by atoms with Crippen molar-refractivity contribution in [3.8, 4) is 0 Å². The molecule has 0 amide bonds. The molecular weight excluding hydrogens is 194 g/mol. The Bertz CT molecular complexity index is 255. The fourth-order valence-corrected chi connectivity index (χ4v) is 0.738. The molecule has 13 heavy (non-hydrogen) atoms. The maximum absolute atomic E-state index is 3.87. The molecule has 1 nitrogen and oxygen atoms in total. The first-order valence-corrected chi connectivity index (χ1v) is 3.84. The van der Waals surface area contributed by atoms with E-state index in [4.69, 9.17) is 0 Å². The van der Waals surface area contributed by atoms with Gasteiger partial charge in [-0.1, -0.05) is 6.07 Å². The summed E-state index contributed by atoms with van der Waals surface area (Å²) in [6.07, 6.45) is 11.7. The third-order valence-electron chi connectivity index (χ3n) is 1.31. The van der Waals surface area contributed by atoms with Gasteiger partial charge in [-0.2, -0.15) is 12.1 Å². The minimum absolute atomic E-state index is 0. The zero-order valence-electron chi connectivity index (χ0n) is 7.40. The van der Waals surface area contributed by atoms with Crippen molar-refractivity contribution in [3.05, 3.63) is 61.3 Å². The van der Waals surface area contributed by atoms with E-state index in [9.17, 15) is 0 Å². The van der Waals surface area contributed by atoms with E-state index in [1.807, 2.05) is 30.4 Å². The zero-order valence-corrected chi connectivity index (χ0v) is 8.96. The van der Waals surface area contributed by atoms with Gasteiger partial charge in [-0.15, -0.1) is 18.2 Å². The van der Waals surface area contributed by atoms with Crippen molar-refractivity contribution in [3.63, 3.8) is 0 Å². The van der Waals surface area contributed by atoms with Gasteiger partial charge in [-0.3, -0.25) is 11.1 Å². The third-order valence-corrected chi connectivity index (χ3v) is 1.31. The second-order valence-corrected chi connectivity index (χ2v) is 2.32. The van der Waals surface area contributed by atoms with Crippen molar-refractivity contribution >= 4 is 0 Å². The van der Waals surface area contributed by atoms with Crippen LogP contribution in [0.15, 0.2) is 42.6 Å². The first kappa shape index (κ1) is 12.2. The van der Waals surface area contributed by atoms with Crippen LogP contribution in [-0.2, 0) is 21.7 Å². The van der Waals surface area contributed by atoms with Gasteiger partial charge in [0.2, 0.25) is 0 Å². The summed E-state index contributed by atoms with van der Waals surface area (Å²) >= 11 is 0. The number of hydrogen-bond donors (Lipinski definition) is 0. The van der Waals surface area contributed by atoms with E-state index in [0.29, 0.717) is 0 Å². The monoisotopic (exact) mass is 205 g/mol. The molecule has 2 rings (SSSR count). The quantitative estimate of drug-likeness (QED) is 0.468. The van der Waals surface area contributed by atoms with Crippen LogP contribution in [-0.4, -0.2) is 4.98 Å². The summed E-state index contributed by atoms with van der Waals surface area (Å²) in [5.41, 5.74) is 0.822. The Balaban J connectivity index is 0.000000215. The summed E-state index contributed by atoms with van der Waals surface area (Å²) in [5, 5.41) is 0. The predicted molar refractivity (Wildman–Crippen MR) is 50.3 cm³/mol. The average Bonchev–Trinajstić information content (AvgIpc) is 2.62. The largest absolute Gasteiger partial charge is 2.00 e. The number of hydrogen-bond acceptors (Lipinski definition) is 1. The van der Waals surface area contributed by atoms with E-state index in [2.05, 4.69) is 24.1 Å². The van der Waals surface area contributed by atoms with Crippen LogP contribution in [0.5, 0.6) is 0 Å². The predicted octanol–water partition coefficient (Wildman–Crippen LogP) is 2.57. The van der Waals surface area contributed by atoms with Gasteiger partial charge in [0.1, 0.15) is 0 Å². The topological polar surface area (TPSA) is 12.9 Å². The molecule has 0 spiro atoms. The summed E-state index contributed by atoms with van der Waals surface area (Å²) in [6, 6.07) is 5.64. The summed E-state index contributed by atoms with van der Waals surface area (Å²) in [4.78, 5) is 3.87. The van der Waals surface area contributed by atoms with Gasteiger partial charge in [0.05, 0.1) is 0 Å². The standard InChI is InChI=1S/C6H6N.C5H5.Ti/c1-6-4-2-3-5-7-6;1-2-4-5-3-1;/h2-5H,1H2;1-3H,4H2;/q2*-1;+2. The molecule has 64 valence electrons. The summed E-state index contributed by atoms with van der Waals surface area (Å²) in [5.74, 6) is 0. The first-order valence-electron chi connectivity index (χ1n) is 3.84. The molecule has 2 heteroatoms. The van der Waals surface area contributed by atoms with Gasteiger partial charge in [0, 0.05) is 6.20 Å². The summed E-state index contributed by atoms with van der Waals surface area (Å²) in [6.45, 7) is 3.61. The van der Waals surface area contributed by atoms with Crippen molar-refractivity contribution in [2.75, 3.05) is 0 Å². The molecule has 0 radical (unpaired) electrons. The van der Waals surface area contributed by atoms with E-state index in [-0.39, 0.29) is 21.7 Å². The number of rotatable bonds is 0. The average molecular weight is 205 g/mol. The van der Waals surface area contributed by atoms with Crippen molar-refractivity contribution in [2.24, 2.45) is 0 Å². The van der Waals surface area contributed by atoms with E-state index < -0.39 is 0 Å². The molecule has 0 unspecified atom stereocenters. The van der Waals surface area contributed by atoms with E-state index in [1.54, 1.807) is 6.20 Å². The van der Waals surface area contributed by atoms with Gasteiger partial charge < -0.3 is 0 Å². The van der Waals surface area contributed by atoms with Gasteiger partial charge in [0.25, 0.3) is 0 Å². The molecule has 0 saturated heterocycles. The Hall–Kier alpha value is -0.786. The van der Waals surface area contributed by atoms with Crippen LogP contribution in [0.25, 0.3) is 0 Å². The maximum atomic E-state index is 3.87. The third kappa shape index (κ3) is 6.38. The Morgan fingerprint density at radius 3 is 2.46 bits per heavy atom. The van der Waals surface area contributed by atoms with Crippen LogP contribution >= 0.6 is 0 Å². The Morgan fingerprint density at radius 2 is 2.23 bits per heavy atom. The van der Waals surface area contributed by atoms with Crippen LogP contribution < -0.4 is 0 Å². The Kier molecular flexibility index (Phi) is 7.37. The minimum Gasteiger partial charge on any atom is -0.296 e. The van der Waals surface area contributed by atoms with E-state index in [1.165, 1.54) is 0 Å². The van der Waals surface area contributed by atoms with Gasteiger partial charge in [-0.05, 0) is 0 Å². The second-order valence-electron chi connectivity index (χ2n) is 2.32. The minimum atomic E-state index is 0. The van der Waals surface area contributed by atoms with E-state index >= 15 is 0 Å². The van der Waals surface area contributed by atoms with Crippen LogP contribution in [0, 0.1) is 13.0 Å². The fourth-order valence-electron chi connectivity index (χ4n) is 0.738. The molecule has 0 aromatic carbocycles. The van der Waals surface area contributed by atoms with Crippen LogP contribution in [0.1, 0.15) is 12.1 Å². The molecule has 1 aromatic rings. The van der Waals surface area contributed by atoms with Crippen molar-refractivity contribution in [1.29, 1.82) is 0 Å². The van der Waals surface area contributed by atoms with Gasteiger partial charge >= 0.3 is 21.7 Å². The van der Waals surface area contributed by atoms with Crippen molar-refractivity contribution in [2.45, 2.75) is 6.42 Å². The van der Waals surface area contributed by atoms with Crippen molar-refractivity contribution < 1.29 is 21.7 Å². The zero-order chi connectivity index (χ0) is 8.65. The molecule has 1 aromatic heterocycles. The Morgan fingerprint density at radius 1 is 1.38 bits per heavy atom. The molecule has 1 heterocycles. The second kappa shape index (κ2) is 7.84. The normalized spacial score (nSPS) is 11.4. The number of nitrogens with zero attached hydrogens (tertiary/aromatic N) is 1. The molecule has 0 N–H and O–H groups in total. The SMILES string of the molecule is [C-]1=CC=CC1.[CH2-]c1ccccn1.[Ti+2]. The number of aromatic nitrogens is 1. The van der Waals surface area contributed by atoms with Gasteiger partial charge in [-0.25, -0.2) is 19.1 Å². The number of pyridine rings is 1. The Labute approximate surface area is 94.5 Å². The summed E-state index contributed by atoms with van der Waals surface area (Å²) < 4.78 is 0. The maximum Gasteiger partial charge on any atom is 2.00 e. The molecule has 1 aliphatic rings. The first-order chi connectivity index (χ1) is 5.89. The molecule has 0 saturated carbocycles. The molecule has 1 aliphatic carbocycles. The smallest absolute Gasteiger partial charge is 0.296 e.